The molecule has 0 aliphatic heterocycles. The molecule has 0 atom stereocenters. The van der Waals surface area contributed by atoms with Crippen LogP contribution in [0.2, 0.25) is 5.02 Å². The largest absolute Gasteiger partial charge is 0.493 e. The van der Waals surface area contributed by atoms with E-state index in [4.69, 9.17) is 25.8 Å². The predicted octanol–water partition coefficient (Wildman–Crippen LogP) is 5.90. The maximum Gasteiger partial charge on any atom is 0.322 e. The average Bonchev–Trinajstić information content (AvgIpc) is 3.41. The summed E-state index contributed by atoms with van der Waals surface area (Å²) in [6, 6.07) is 18.6. The van der Waals surface area contributed by atoms with Crippen LogP contribution in [-0.2, 0) is 22.5 Å². The number of nitrogens with one attached hydrogen (secondary N) is 2. The van der Waals surface area contributed by atoms with Gasteiger partial charge in [-0.05, 0) is 60.4 Å². The van der Waals surface area contributed by atoms with Gasteiger partial charge in [0.15, 0.2) is 11.5 Å². The van der Waals surface area contributed by atoms with Crippen molar-refractivity contribution in [3.8, 4) is 11.5 Å². The fourth-order valence-corrected chi connectivity index (χ4v) is 4.86. The summed E-state index contributed by atoms with van der Waals surface area (Å²) < 4.78 is 16.1. The number of halogens is 1. The van der Waals surface area contributed by atoms with E-state index < -0.39 is 6.03 Å². The number of anilines is 1. The molecule has 10 heteroatoms. The molecule has 9 nitrogen and oxygen atoms in total. The molecule has 3 aromatic carbocycles. The van der Waals surface area contributed by atoms with Gasteiger partial charge < -0.3 is 34.3 Å². The van der Waals surface area contributed by atoms with E-state index >= 15 is 0 Å². The quantitative estimate of drug-likeness (QED) is 0.202. The number of ether oxygens (including phenoxy) is 3. The van der Waals surface area contributed by atoms with Gasteiger partial charge in [0.2, 0.25) is 5.91 Å². The zero-order chi connectivity index (χ0) is 30.1. The lowest BCUT2D eigenvalue weighted by molar-refractivity contribution is -0.132. The van der Waals surface area contributed by atoms with E-state index in [0.717, 1.165) is 27.6 Å². The molecule has 0 aliphatic rings. The van der Waals surface area contributed by atoms with Gasteiger partial charge in [0.25, 0.3) is 0 Å². The number of fused-ring (bicyclic) bond motifs is 1. The SMILES string of the molecule is COCCN(CC(=O)N(CCc1c[nH]c2ccccc12)Cc1ccc(OC)c(OC)c1)C(=O)Nc1ccc(C)c(Cl)c1. The Morgan fingerprint density at radius 2 is 1.71 bits per heavy atom. The summed E-state index contributed by atoms with van der Waals surface area (Å²) in [6.45, 7) is 3.05. The van der Waals surface area contributed by atoms with Crippen LogP contribution in [0.3, 0.4) is 0 Å². The number of carbonyl (C=O) groups is 2. The first-order valence-corrected chi connectivity index (χ1v) is 14.1. The van der Waals surface area contributed by atoms with E-state index in [1.54, 1.807) is 38.4 Å². The summed E-state index contributed by atoms with van der Waals surface area (Å²) in [5, 5.41) is 4.52. The third kappa shape index (κ3) is 7.74. The summed E-state index contributed by atoms with van der Waals surface area (Å²) in [5.74, 6) is 0.992. The predicted molar refractivity (Wildman–Crippen MR) is 166 cm³/mol. The number of rotatable bonds is 13. The van der Waals surface area contributed by atoms with Gasteiger partial charge in [-0.1, -0.05) is 41.9 Å². The monoisotopic (exact) mass is 592 g/mol. The van der Waals surface area contributed by atoms with E-state index in [-0.39, 0.29) is 25.6 Å². The molecule has 0 bridgehead atoms. The molecule has 0 unspecified atom stereocenters. The minimum absolute atomic E-state index is 0.129. The summed E-state index contributed by atoms with van der Waals surface area (Å²) >= 11 is 6.25. The zero-order valence-electron chi connectivity index (χ0n) is 24.4. The number of benzene rings is 3. The molecule has 1 aromatic heterocycles. The van der Waals surface area contributed by atoms with Gasteiger partial charge in [0.1, 0.15) is 6.54 Å². The minimum Gasteiger partial charge on any atom is -0.493 e. The van der Waals surface area contributed by atoms with Crippen molar-refractivity contribution in [2.24, 2.45) is 0 Å². The molecule has 0 spiro atoms. The van der Waals surface area contributed by atoms with Crippen molar-refractivity contribution in [2.45, 2.75) is 19.9 Å². The number of hydrogen-bond donors (Lipinski definition) is 2. The summed E-state index contributed by atoms with van der Waals surface area (Å²) in [5.41, 5.74) is 4.49. The van der Waals surface area contributed by atoms with Gasteiger partial charge in [-0.3, -0.25) is 4.79 Å². The van der Waals surface area contributed by atoms with Crippen LogP contribution in [0.4, 0.5) is 10.5 Å². The van der Waals surface area contributed by atoms with Crippen LogP contribution < -0.4 is 14.8 Å². The van der Waals surface area contributed by atoms with Gasteiger partial charge in [0, 0.05) is 54.6 Å². The first-order valence-electron chi connectivity index (χ1n) is 13.7. The molecule has 0 radical (unpaired) electrons. The van der Waals surface area contributed by atoms with E-state index in [9.17, 15) is 9.59 Å². The Morgan fingerprint density at radius 1 is 0.929 bits per heavy atom. The van der Waals surface area contributed by atoms with E-state index in [2.05, 4.69) is 16.4 Å². The van der Waals surface area contributed by atoms with Gasteiger partial charge >= 0.3 is 6.03 Å². The molecule has 0 saturated carbocycles. The van der Waals surface area contributed by atoms with Crippen LogP contribution in [0.25, 0.3) is 10.9 Å². The van der Waals surface area contributed by atoms with E-state index in [1.165, 1.54) is 4.90 Å². The number of urea groups is 1. The van der Waals surface area contributed by atoms with Gasteiger partial charge in [-0.2, -0.15) is 0 Å². The highest BCUT2D eigenvalue weighted by Gasteiger charge is 2.23. The maximum atomic E-state index is 13.9. The molecular formula is C32H37ClN4O5. The lowest BCUT2D eigenvalue weighted by Crippen LogP contribution is -2.46. The normalized spacial score (nSPS) is 10.9. The molecule has 0 saturated heterocycles. The van der Waals surface area contributed by atoms with Crippen LogP contribution >= 0.6 is 11.6 Å². The highest BCUT2D eigenvalue weighted by Crippen LogP contribution is 2.28. The van der Waals surface area contributed by atoms with Crippen LogP contribution in [0.1, 0.15) is 16.7 Å². The number of carbonyl (C=O) groups excluding carboxylic acids is 2. The number of nitrogens with zero attached hydrogens (tertiary/aromatic N) is 2. The first-order chi connectivity index (χ1) is 20.3. The van der Waals surface area contributed by atoms with E-state index in [0.29, 0.717) is 41.7 Å². The van der Waals surface area contributed by atoms with Crippen molar-refractivity contribution in [2.75, 3.05) is 52.9 Å². The Balaban J connectivity index is 1.55. The molecule has 3 amide bonds. The fourth-order valence-electron chi connectivity index (χ4n) is 4.68. The van der Waals surface area contributed by atoms with Crippen LogP contribution in [0.15, 0.2) is 66.9 Å². The van der Waals surface area contributed by atoms with Crippen molar-refractivity contribution < 1.29 is 23.8 Å². The molecule has 2 N–H and O–H groups in total. The fraction of sp³-hybridized carbons (Fsp3) is 0.312. The number of amides is 3. The lowest BCUT2D eigenvalue weighted by Gasteiger charge is -2.28. The summed E-state index contributed by atoms with van der Waals surface area (Å²) in [4.78, 5) is 33.7. The maximum absolute atomic E-state index is 13.9. The zero-order valence-corrected chi connectivity index (χ0v) is 25.2. The number of hydrogen-bond acceptors (Lipinski definition) is 5. The number of methoxy groups -OCH3 is 3. The van der Waals surface area contributed by atoms with Crippen LogP contribution in [0, 0.1) is 6.92 Å². The van der Waals surface area contributed by atoms with Crippen molar-refractivity contribution in [3.05, 3.63) is 88.6 Å². The molecule has 42 heavy (non-hydrogen) atoms. The average molecular weight is 593 g/mol. The molecule has 4 aromatic rings. The molecular weight excluding hydrogens is 556 g/mol. The van der Waals surface area contributed by atoms with Gasteiger partial charge in [-0.25, -0.2) is 4.79 Å². The first kappa shape index (κ1) is 30.7. The topological polar surface area (TPSA) is 96.1 Å². The number of H-pyrrole nitrogens is 1. The van der Waals surface area contributed by atoms with E-state index in [1.807, 2.05) is 55.6 Å². The molecule has 222 valence electrons. The van der Waals surface area contributed by atoms with Crippen molar-refractivity contribution >= 4 is 40.1 Å². The summed E-state index contributed by atoms with van der Waals surface area (Å²) in [7, 11) is 4.72. The number of aryl methyl sites for hydroxylation is 1. The Hall–Kier alpha value is -4.21. The number of aromatic nitrogens is 1. The third-order valence-electron chi connectivity index (χ3n) is 7.10. The van der Waals surface area contributed by atoms with Crippen LogP contribution in [0.5, 0.6) is 11.5 Å². The molecule has 0 fully saturated rings. The van der Waals surface area contributed by atoms with Crippen molar-refractivity contribution in [1.29, 1.82) is 0 Å². The van der Waals surface area contributed by atoms with Crippen molar-refractivity contribution in [3.63, 3.8) is 0 Å². The molecule has 0 aliphatic carbocycles. The Bertz CT molecular complexity index is 1520. The number of para-hydroxylation sites is 1. The van der Waals surface area contributed by atoms with Gasteiger partial charge in [-0.15, -0.1) is 0 Å². The standard InChI is InChI=1S/C32H37ClN4O5/c1-22-9-11-25(18-27(22)33)35-32(39)37(15-16-40-2)21-31(38)36(20-23-10-12-29(41-3)30(17-23)42-4)14-13-24-19-34-28-8-6-5-7-26(24)28/h5-12,17-19,34H,13-16,20-21H2,1-4H3,(H,35,39). The molecule has 1 heterocycles. The Labute approximate surface area is 251 Å². The Kier molecular flexibility index (Phi) is 10.7. The number of aromatic amines is 1. The van der Waals surface area contributed by atoms with Gasteiger partial charge in [0.05, 0.1) is 20.8 Å². The third-order valence-corrected chi connectivity index (χ3v) is 7.51. The van der Waals surface area contributed by atoms with Crippen molar-refractivity contribution in [1.82, 2.24) is 14.8 Å². The summed E-state index contributed by atoms with van der Waals surface area (Å²) in [6.07, 6.45) is 2.62. The Morgan fingerprint density at radius 3 is 2.45 bits per heavy atom. The molecule has 4 rings (SSSR count). The highest BCUT2D eigenvalue weighted by molar-refractivity contribution is 6.31. The van der Waals surface area contributed by atoms with Crippen LogP contribution in [-0.4, -0.2) is 74.3 Å². The second-order valence-electron chi connectivity index (χ2n) is 9.92. The minimum atomic E-state index is -0.414. The smallest absolute Gasteiger partial charge is 0.322 e. The highest BCUT2D eigenvalue weighted by atomic mass is 35.5. The second-order valence-corrected chi connectivity index (χ2v) is 10.3. The second kappa shape index (κ2) is 14.6. The lowest BCUT2D eigenvalue weighted by atomic mass is 10.1.